The molecule has 0 bridgehead atoms. The molecule has 0 aliphatic heterocycles. The molecule has 0 aliphatic carbocycles. The summed E-state index contributed by atoms with van der Waals surface area (Å²) in [6.45, 7) is 0.677. The van der Waals surface area contributed by atoms with Crippen LogP contribution in [0.1, 0.15) is 10.4 Å². The molecule has 0 aliphatic rings. The van der Waals surface area contributed by atoms with Gasteiger partial charge in [-0.05, 0) is 42.5 Å². The van der Waals surface area contributed by atoms with E-state index in [0.29, 0.717) is 29.5 Å². The fourth-order valence-corrected chi connectivity index (χ4v) is 1.77. The van der Waals surface area contributed by atoms with Gasteiger partial charge < -0.3 is 10.1 Å². The van der Waals surface area contributed by atoms with Crippen LogP contribution in [0.4, 0.5) is 4.39 Å². The predicted molar refractivity (Wildman–Crippen MR) is 75.7 cm³/mol. The SMILES string of the molecule is O=C(NCCOc1cccc(Cl)c1)c1ccc(F)cc1. The first-order chi connectivity index (χ1) is 9.65. The maximum absolute atomic E-state index is 12.7. The summed E-state index contributed by atoms with van der Waals surface area (Å²) in [5.41, 5.74) is 0.411. The highest BCUT2D eigenvalue weighted by molar-refractivity contribution is 6.30. The highest BCUT2D eigenvalue weighted by Gasteiger charge is 2.04. The van der Waals surface area contributed by atoms with Crippen molar-refractivity contribution in [3.05, 3.63) is 64.9 Å². The Morgan fingerprint density at radius 3 is 2.65 bits per heavy atom. The molecule has 0 unspecified atom stereocenters. The van der Waals surface area contributed by atoms with Crippen LogP contribution in [0.15, 0.2) is 48.5 Å². The number of nitrogens with one attached hydrogen (secondary N) is 1. The van der Waals surface area contributed by atoms with Gasteiger partial charge in [0.25, 0.3) is 5.91 Å². The van der Waals surface area contributed by atoms with Crippen molar-refractivity contribution in [3.8, 4) is 5.75 Å². The molecule has 0 heterocycles. The fourth-order valence-electron chi connectivity index (χ4n) is 1.59. The number of hydrogen-bond donors (Lipinski definition) is 1. The summed E-state index contributed by atoms with van der Waals surface area (Å²) in [6.07, 6.45) is 0. The Labute approximate surface area is 121 Å². The monoisotopic (exact) mass is 293 g/mol. The van der Waals surface area contributed by atoms with Crippen LogP contribution < -0.4 is 10.1 Å². The Hall–Kier alpha value is -2.07. The lowest BCUT2D eigenvalue weighted by Gasteiger charge is -2.08. The molecule has 0 saturated carbocycles. The molecule has 2 rings (SSSR count). The Bertz CT molecular complexity index is 587. The van der Waals surface area contributed by atoms with Gasteiger partial charge in [0.05, 0.1) is 6.54 Å². The summed E-state index contributed by atoms with van der Waals surface area (Å²) >= 11 is 5.82. The van der Waals surface area contributed by atoms with E-state index in [2.05, 4.69) is 5.32 Å². The third kappa shape index (κ3) is 4.24. The second-order valence-electron chi connectivity index (χ2n) is 4.07. The second kappa shape index (κ2) is 6.91. The summed E-state index contributed by atoms with van der Waals surface area (Å²) in [4.78, 5) is 11.7. The van der Waals surface area contributed by atoms with E-state index in [1.807, 2.05) is 0 Å². The third-order valence-electron chi connectivity index (χ3n) is 2.56. The van der Waals surface area contributed by atoms with Crippen LogP contribution in [0, 0.1) is 5.82 Å². The van der Waals surface area contributed by atoms with Gasteiger partial charge in [-0.3, -0.25) is 4.79 Å². The van der Waals surface area contributed by atoms with Gasteiger partial charge in [0.1, 0.15) is 18.2 Å². The average molecular weight is 294 g/mol. The van der Waals surface area contributed by atoms with Crippen LogP contribution in [-0.4, -0.2) is 19.1 Å². The van der Waals surface area contributed by atoms with Crippen molar-refractivity contribution in [2.75, 3.05) is 13.2 Å². The number of hydrogen-bond acceptors (Lipinski definition) is 2. The van der Waals surface area contributed by atoms with E-state index in [4.69, 9.17) is 16.3 Å². The number of carbonyl (C=O) groups excluding carboxylic acids is 1. The van der Waals surface area contributed by atoms with Gasteiger partial charge in [0, 0.05) is 10.6 Å². The number of ether oxygens (including phenoxy) is 1. The highest BCUT2D eigenvalue weighted by Crippen LogP contribution is 2.16. The van der Waals surface area contributed by atoms with E-state index < -0.39 is 0 Å². The minimum atomic E-state index is -0.370. The molecular weight excluding hydrogens is 281 g/mol. The minimum Gasteiger partial charge on any atom is -0.492 e. The van der Waals surface area contributed by atoms with Crippen LogP contribution in [-0.2, 0) is 0 Å². The van der Waals surface area contributed by atoms with E-state index in [1.165, 1.54) is 24.3 Å². The van der Waals surface area contributed by atoms with Crippen LogP contribution in [0.3, 0.4) is 0 Å². The van der Waals surface area contributed by atoms with Crippen molar-refractivity contribution in [2.24, 2.45) is 0 Å². The van der Waals surface area contributed by atoms with Crippen molar-refractivity contribution in [2.45, 2.75) is 0 Å². The van der Waals surface area contributed by atoms with Crippen molar-refractivity contribution >= 4 is 17.5 Å². The van der Waals surface area contributed by atoms with Gasteiger partial charge in [0.15, 0.2) is 0 Å². The molecular formula is C15H13ClFNO2. The Kier molecular flexibility index (Phi) is 4.96. The molecule has 20 heavy (non-hydrogen) atoms. The molecule has 5 heteroatoms. The van der Waals surface area contributed by atoms with Gasteiger partial charge in [-0.2, -0.15) is 0 Å². The van der Waals surface area contributed by atoms with E-state index in [1.54, 1.807) is 24.3 Å². The minimum absolute atomic E-state index is 0.264. The van der Waals surface area contributed by atoms with E-state index in [-0.39, 0.29) is 11.7 Å². The number of carbonyl (C=O) groups is 1. The number of halogens is 2. The fraction of sp³-hybridized carbons (Fsp3) is 0.133. The van der Waals surface area contributed by atoms with Crippen molar-refractivity contribution in [1.82, 2.24) is 5.32 Å². The first-order valence-corrected chi connectivity index (χ1v) is 6.45. The molecule has 104 valence electrons. The zero-order valence-corrected chi connectivity index (χ0v) is 11.4. The molecule has 2 aromatic carbocycles. The van der Waals surface area contributed by atoms with E-state index in [9.17, 15) is 9.18 Å². The van der Waals surface area contributed by atoms with Crippen molar-refractivity contribution < 1.29 is 13.9 Å². The van der Waals surface area contributed by atoms with Crippen LogP contribution >= 0.6 is 11.6 Å². The molecule has 2 aromatic rings. The third-order valence-corrected chi connectivity index (χ3v) is 2.79. The lowest BCUT2D eigenvalue weighted by molar-refractivity contribution is 0.0947. The summed E-state index contributed by atoms with van der Waals surface area (Å²) in [7, 11) is 0. The first-order valence-electron chi connectivity index (χ1n) is 6.07. The molecule has 0 aromatic heterocycles. The predicted octanol–water partition coefficient (Wildman–Crippen LogP) is 3.29. The van der Waals surface area contributed by atoms with Crippen LogP contribution in [0.5, 0.6) is 5.75 Å². The first kappa shape index (κ1) is 14.3. The highest BCUT2D eigenvalue weighted by atomic mass is 35.5. The lowest BCUT2D eigenvalue weighted by atomic mass is 10.2. The molecule has 0 saturated heterocycles. The molecule has 1 N–H and O–H groups in total. The number of rotatable bonds is 5. The summed E-state index contributed by atoms with van der Waals surface area (Å²) in [6, 6.07) is 12.4. The zero-order valence-electron chi connectivity index (χ0n) is 10.6. The molecule has 0 fully saturated rings. The average Bonchev–Trinajstić information content (AvgIpc) is 2.44. The molecule has 0 spiro atoms. The normalized spacial score (nSPS) is 10.1. The largest absolute Gasteiger partial charge is 0.492 e. The Balaban J connectivity index is 1.76. The molecule has 0 radical (unpaired) electrons. The van der Waals surface area contributed by atoms with Gasteiger partial charge in [-0.15, -0.1) is 0 Å². The Morgan fingerprint density at radius 1 is 1.20 bits per heavy atom. The topological polar surface area (TPSA) is 38.3 Å². The van der Waals surface area contributed by atoms with Gasteiger partial charge >= 0.3 is 0 Å². The molecule has 3 nitrogen and oxygen atoms in total. The zero-order chi connectivity index (χ0) is 14.4. The van der Waals surface area contributed by atoms with Crippen LogP contribution in [0.2, 0.25) is 5.02 Å². The smallest absolute Gasteiger partial charge is 0.251 e. The van der Waals surface area contributed by atoms with Gasteiger partial charge in [0.2, 0.25) is 0 Å². The van der Waals surface area contributed by atoms with Gasteiger partial charge in [-0.25, -0.2) is 4.39 Å². The summed E-state index contributed by atoms with van der Waals surface area (Å²) in [5.74, 6) is 0.0130. The number of amides is 1. The second-order valence-corrected chi connectivity index (χ2v) is 4.51. The summed E-state index contributed by atoms with van der Waals surface area (Å²) < 4.78 is 18.1. The van der Waals surface area contributed by atoms with Crippen molar-refractivity contribution in [3.63, 3.8) is 0 Å². The maximum atomic E-state index is 12.7. The number of benzene rings is 2. The van der Waals surface area contributed by atoms with E-state index in [0.717, 1.165) is 0 Å². The Morgan fingerprint density at radius 2 is 1.95 bits per heavy atom. The van der Waals surface area contributed by atoms with E-state index >= 15 is 0 Å². The summed E-state index contributed by atoms with van der Waals surface area (Å²) in [5, 5.41) is 3.28. The quantitative estimate of drug-likeness (QED) is 0.859. The van der Waals surface area contributed by atoms with Crippen LogP contribution in [0.25, 0.3) is 0 Å². The van der Waals surface area contributed by atoms with Gasteiger partial charge in [-0.1, -0.05) is 17.7 Å². The lowest BCUT2D eigenvalue weighted by Crippen LogP contribution is -2.28. The standard InChI is InChI=1S/C15H13ClFNO2/c16-12-2-1-3-14(10-12)20-9-8-18-15(19)11-4-6-13(17)7-5-11/h1-7,10H,8-9H2,(H,18,19). The van der Waals surface area contributed by atoms with Crippen molar-refractivity contribution in [1.29, 1.82) is 0 Å². The molecule has 1 amide bonds. The maximum Gasteiger partial charge on any atom is 0.251 e. The molecule has 0 atom stereocenters.